The number of para-hydroxylation sites is 1. The van der Waals surface area contributed by atoms with Gasteiger partial charge >= 0.3 is 5.97 Å². The van der Waals surface area contributed by atoms with Gasteiger partial charge in [0.2, 0.25) is 0 Å². The molecule has 0 saturated carbocycles. The highest BCUT2D eigenvalue weighted by atomic mass is 16.4. The number of benzene rings is 3. The maximum Gasteiger partial charge on any atom is 0.339 e. The first kappa shape index (κ1) is 19.8. The summed E-state index contributed by atoms with van der Waals surface area (Å²) in [7, 11) is 0. The maximum atomic E-state index is 11.1. The largest absolute Gasteiger partial charge is 0.507 e. The summed E-state index contributed by atoms with van der Waals surface area (Å²) in [5.74, 6) is -0.755. The van der Waals surface area contributed by atoms with Gasteiger partial charge in [0, 0.05) is 17.6 Å². The lowest BCUT2D eigenvalue weighted by Crippen LogP contribution is -2.10. The molecule has 0 radical (unpaired) electrons. The molecule has 0 amide bonds. The predicted molar refractivity (Wildman–Crippen MR) is 118 cm³/mol. The van der Waals surface area contributed by atoms with E-state index in [1.807, 2.05) is 77.7 Å². The fourth-order valence-electron chi connectivity index (χ4n) is 3.02. The van der Waals surface area contributed by atoms with Gasteiger partial charge in [0.25, 0.3) is 0 Å². The number of azo groups is 1. The van der Waals surface area contributed by atoms with Gasteiger partial charge < -0.3 is 10.2 Å². The molecular weight excluding hydrogens is 392 g/mol. The first-order chi connectivity index (χ1) is 15.1. The van der Waals surface area contributed by atoms with E-state index in [-0.39, 0.29) is 11.3 Å². The predicted octanol–water partition coefficient (Wildman–Crippen LogP) is 6.37. The van der Waals surface area contributed by atoms with Crippen LogP contribution in [0.15, 0.2) is 107 Å². The zero-order chi connectivity index (χ0) is 21.6. The minimum absolute atomic E-state index is 0.222. The Balaban J connectivity index is 1.61. The molecule has 1 heterocycles. The molecule has 7 heteroatoms. The normalized spacial score (nSPS) is 10.8. The Morgan fingerprint density at radius 1 is 0.774 bits per heavy atom. The number of hydrogen-bond acceptors (Lipinski definition) is 6. The molecule has 31 heavy (non-hydrogen) atoms. The van der Waals surface area contributed by atoms with Crippen molar-refractivity contribution in [2.75, 3.05) is 4.90 Å². The van der Waals surface area contributed by atoms with Gasteiger partial charge in [-0.3, -0.25) is 4.90 Å². The molecule has 0 atom stereocenters. The van der Waals surface area contributed by atoms with Gasteiger partial charge in [0.15, 0.2) is 0 Å². The Morgan fingerprint density at radius 3 is 2.10 bits per heavy atom. The van der Waals surface area contributed by atoms with E-state index in [2.05, 4.69) is 15.2 Å². The number of anilines is 3. The summed E-state index contributed by atoms with van der Waals surface area (Å²) in [5.41, 5.74) is 2.59. The molecule has 0 aliphatic carbocycles. The smallest absolute Gasteiger partial charge is 0.339 e. The van der Waals surface area contributed by atoms with E-state index in [9.17, 15) is 9.90 Å². The lowest BCUT2D eigenvalue weighted by molar-refractivity contribution is 0.0693. The van der Waals surface area contributed by atoms with E-state index in [0.717, 1.165) is 17.2 Å². The summed E-state index contributed by atoms with van der Waals surface area (Å²) in [6, 6.07) is 27.2. The Morgan fingerprint density at radius 2 is 1.42 bits per heavy atom. The Labute approximate surface area is 178 Å². The lowest BCUT2D eigenvalue weighted by atomic mass is 10.2. The highest BCUT2D eigenvalue weighted by Crippen LogP contribution is 2.34. The van der Waals surface area contributed by atoms with Crippen LogP contribution in [-0.2, 0) is 0 Å². The van der Waals surface area contributed by atoms with Crippen molar-refractivity contribution in [3.63, 3.8) is 0 Å². The third-order valence-electron chi connectivity index (χ3n) is 4.49. The highest BCUT2D eigenvalue weighted by Gasteiger charge is 2.13. The first-order valence-electron chi connectivity index (χ1n) is 9.46. The number of carboxylic acids is 1. The second-order valence-electron chi connectivity index (χ2n) is 6.58. The van der Waals surface area contributed by atoms with E-state index in [1.54, 1.807) is 6.20 Å². The van der Waals surface area contributed by atoms with Crippen molar-refractivity contribution in [1.29, 1.82) is 0 Å². The second kappa shape index (κ2) is 8.87. The van der Waals surface area contributed by atoms with Crippen LogP contribution in [0.2, 0.25) is 0 Å². The van der Waals surface area contributed by atoms with Gasteiger partial charge in [-0.05, 0) is 66.7 Å². The molecule has 1 aromatic heterocycles. The minimum Gasteiger partial charge on any atom is -0.507 e. The van der Waals surface area contributed by atoms with Crippen LogP contribution in [0.3, 0.4) is 0 Å². The van der Waals surface area contributed by atoms with Crippen LogP contribution >= 0.6 is 0 Å². The summed E-state index contributed by atoms with van der Waals surface area (Å²) in [6.07, 6.45) is 1.75. The van der Waals surface area contributed by atoms with Crippen LogP contribution in [0, 0.1) is 0 Å². The molecule has 0 saturated heterocycles. The number of rotatable bonds is 6. The number of hydrogen-bond donors (Lipinski definition) is 2. The van der Waals surface area contributed by atoms with Crippen LogP contribution in [0.4, 0.5) is 28.6 Å². The van der Waals surface area contributed by atoms with E-state index < -0.39 is 5.97 Å². The fraction of sp³-hybridized carbons (Fsp3) is 0. The van der Waals surface area contributed by atoms with Crippen LogP contribution in [-0.4, -0.2) is 21.2 Å². The van der Waals surface area contributed by atoms with Crippen LogP contribution in [0.1, 0.15) is 10.4 Å². The topological polar surface area (TPSA) is 98.4 Å². The van der Waals surface area contributed by atoms with Crippen molar-refractivity contribution < 1.29 is 15.0 Å². The molecule has 4 aromatic rings. The van der Waals surface area contributed by atoms with Crippen LogP contribution in [0.25, 0.3) is 0 Å². The average Bonchev–Trinajstić information content (AvgIpc) is 2.81. The lowest BCUT2D eigenvalue weighted by Gasteiger charge is -2.24. The maximum absolute atomic E-state index is 11.1. The average molecular weight is 410 g/mol. The molecule has 2 N–H and O–H groups in total. The van der Waals surface area contributed by atoms with Gasteiger partial charge in [0.05, 0.1) is 11.4 Å². The summed E-state index contributed by atoms with van der Waals surface area (Å²) < 4.78 is 0. The van der Waals surface area contributed by atoms with Crippen molar-refractivity contribution in [2.45, 2.75) is 0 Å². The summed E-state index contributed by atoms with van der Waals surface area (Å²) in [6.45, 7) is 0. The van der Waals surface area contributed by atoms with E-state index in [1.165, 1.54) is 18.2 Å². The zero-order valence-corrected chi connectivity index (χ0v) is 16.3. The fourth-order valence-corrected chi connectivity index (χ4v) is 3.02. The van der Waals surface area contributed by atoms with Crippen molar-refractivity contribution in [3.8, 4) is 5.75 Å². The number of nitrogens with zero attached hydrogens (tertiary/aromatic N) is 4. The SMILES string of the molecule is O=C(O)c1cc(N=Nc2ccc(N(c3ccccc3)c3ccccn3)cc2)ccc1O. The molecule has 0 unspecified atom stereocenters. The number of carbonyl (C=O) groups is 1. The van der Waals surface area contributed by atoms with Crippen molar-refractivity contribution in [1.82, 2.24) is 4.98 Å². The summed E-state index contributed by atoms with van der Waals surface area (Å²) in [5, 5.41) is 26.9. The number of aromatic carboxylic acids is 1. The highest BCUT2D eigenvalue weighted by molar-refractivity contribution is 5.91. The van der Waals surface area contributed by atoms with Crippen molar-refractivity contribution in [3.05, 3.63) is 103 Å². The van der Waals surface area contributed by atoms with E-state index in [4.69, 9.17) is 5.11 Å². The second-order valence-corrected chi connectivity index (χ2v) is 6.58. The monoisotopic (exact) mass is 410 g/mol. The minimum atomic E-state index is -1.23. The van der Waals surface area contributed by atoms with Gasteiger partial charge in [0.1, 0.15) is 17.1 Å². The molecule has 4 rings (SSSR count). The zero-order valence-electron chi connectivity index (χ0n) is 16.3. The van der Waals surface area contributed by atoms with Crippen LogP contribution in [0.5, 0.6) is 5.75 Å². The van der Waals surface area contributed by atoms with Crippen molar-refractivity contribution in [2.24, 2.45) is 10.2 Å². The third kappa shape index (κ3) is 4.56. The number of carboxylic acid groups (broad SMARTS) is 1. The summed E-state index contributed by atoms with van der Waals surface area (Å²) in [4.78, 5) is 17.6. The Bertz CT molecular complexity index is 1170. The molecular formula is C24H18N4O3. The molecule has 0 aliphatic rings. The van der Waals surface area contributed by atoms with E-state index in [0.29, 0.717) is 11.4 Å². The molecule has 7 nitrogen and oxygen atoms in total. The Kier molecular flexibility index (Phi) is 5.66. The quantitative estimate of drug-likeness (QED) is 0.360. The third-order valence-corrected chi connectivity index (χ3v) is 4.49. The van der Waals surface area contributed by atoms with Gasteiger partial charge in [-0.25, -0.2) is 9.78 Å². The van der Waals surface area contributed by atoms with Crippen LogP contribution < -0.4 is 4.90 Å². The Hall–Kier alpha value is -4.52. The molecule has 152 valence electrons. The number of aromatic nitrogens is 1. The molecule has 0 aliphatic heterocycles. The standard InChI is InChI=1S/C24H18N4O3/c29-22-14-11-18(16-21(22)24(30)31)27-26-17-9-12-20(13-10-17)28(19-6-2-1-3-7-19)23-8-4-5-15-25-23/h1-16,29H,(H,30,31). The molecule has 0 fully saturated rings. The first-order valence-corrected chi connectivity index (χ1v) is 9.46. The molecule has 0 bridgehead atoms. The molecule has 3 aromatic carbocycles. The number of phenols is 1. The summed E-state index contributed by atoms with van der Waals surface area (Å²) >= 11 is 0. The van der Waals surface area contributed by atoms with Crippen molar-refractivity contribution >= 4 is 34.5 Å². The number of pyridine rings is 1. The molecule has 0 spiro atoms. The van der Waals surface area contributed by atoms with Gasteiger partial charge in [-0.15, -0.1) is 0 Å². The van der Waals surface area contributed by atoms with Gasteiger partial charge in [-0.1, -0.05) is 24.3 Å². The van der Waals surface area contributed by atoms with E-state index >= 15 is 0 Å². The number of aromatic hydroxyl groups is 1. The van der Waals surface area contributed by atoms with Gasteiger partial charge in [-0.2, -0.15) is 10.2 Å².